The van der Waals surface area contributed by atoms with Crippen LogP contribution in [-0.2, 0) is 18.4 Å². The first-order valence-electron chi connectivity index (χ1n) is 23.6. The van der Waals surface area contributed by atoms with E-state index in [2.05, 4.69) is 19.2 Å². The number of aliphatic hydroxyl groups excluding tert-OH is 7. The molecule has 13 nitrogen and oxygen atoms in total. The van der Waals surface area contributed by atoms with Crippen molar-refractivity contribution in [3.05, 3.63) is 0 Å². The van der Waals surface area contributed by atoms with Crippen LogP contribution in [0.2, 0.25) is 0 Å². The molecule has 0 bridgehead atoms. The van der Waals surface area contributed by atoms with Gasteiger partial charge in [-0.25, -0.2) is 4.57 Å². The van der Waals surface area contributed by atoms with Gasteiger partial charge < -0.3 is 46.0 Å². The second-order valence-corrected chi connectivity index (χ2v) is 18.5. The Kier molecular flexibility index (Phi) is 33.2. The molecule has 1 rings (SSSR count). The average Bonchev–Trinajstić information content (AvgIpc) is 3.20. The van der Waals surface area contributed by atoms with Gasteiger partial charge in [0.15, 0.2) is 0 Å². The van der Waals surface area contributed by atoms with Gasteiger partial charge in [0.05, 0.1) is 18.8 Å². The van der Waals surface area contributed by atoms with Crippen LogP contribution in [0.3, 0.4) is 0 Å². The zero-order chi connectivity index (χ0) is 43.0. The van der Waals surface area contributed by atoms with E-state index in [9.17, 15) is 50.0 Å². The van der Waals surface area contributed by atoms with E-state index < -0.39 is 75.2 Å². The molecule has 1 saturated carbocycles. The van der Waals surface area contributed by atoms with Crippen molar-refractivity contribution in [1.29, 1.82) is 0 Å². The summed E-state index contributed by atoms with van der Waals surface area (Å²) in [6.45, 7) is 3.76. The lowest BCUT2D eigenvalue weighted by molar-refractivity contribution is -0.220. The highest BCUT2D eigenvalue weighted by Crippen LogP contribution is 2.47. The topological polar surface area (TPSA) is 226 Å². The number of amides is 1. The summed E-state index contributed by atoms with van der Waals surface area (Å²) in [6.07, 6.45) is 20.3. The second-order valence-electron chi connectivity index (χ2n) is 17.1. The average molecular weight is 854 g/mol. The Hall–Kier alpha value is -0.700. The monoisotopic (exact) mass is 854 g/mol. The Labute approximate surface area is 351 Å². The molecule has 1 aliphatic carbocycles. The van der Waals surface area contributed by atoms with Crippen LogP contribution >= 0.6 is 7.82 Å². The Morgan fingerprint density at radius 3 is 1.19 bits per heavy atom. The van der Waals surface area contributed by atoms with E-state index in [1.165, 1.54) is 128 Å². The first kappa shape index (κ1) is 55.3. The van der Waals surface area contributed by atoms with Crippen LogP contribution in [-0.4, -0.2) is 108 Å². The number of nitrogens with one attached hydrogen (secondary N) is 1. The van der Waals surface area contributed by atoms with Crippen LogP contribution in [0.5, 0.6) is 0 Å². The lowest BCUT2D eigenvalue weighted by Crippen LogP contribution is -2.64. The Morgan fingerprint density at radius 1 is 0.517 bits per heavy atom. The molecule has 14 heteroatoms. The number of hydrogen-bond donors (Lipinski definition) is 9. The van der Waals surface area contributed by atoms with E-state index >= 15 is 0 Å². The van der Waals surface area contributed by atoms with Crippen molar-refractivity contribution in [3.8, 4) is 0 Å². The molecule has 0 aromatic carbocycles. The maximum Gasteiger partial charge on any atom is 0.472 e. The first-order chi connectivity index (χ1) is 27.9. The number of hydrogen-bond acceptors (Lipinski definition) is 11. The summed E-state index contributed by atoms with van der Waals surface area (Å²) in [4.78, 5) is 23.5. The fourth-order valence-corrected chi connectivity index (χ4v) is 8.76. The predicted octanol–water partition coefficient (Wildman–Crippen LogP) is 7.65. The molecule has 7 unspecified atom stereocenters. The van der Waals surface area contributed by atoms with Crippen LogP contribution in [0.1, 0.15) is 213 Å². The van der Waals surface area contributed by atoms with Crippen molar-refractivity contribution >= 4 is 13.7 Å². The third kappa shape index (κ3) is 25.9. The number of carbonyl (C=O) groups is 1. The van der Waals surface area contributed by atoms with Gasteiger partial charge in [-0.2, -0.15) is 0 Å². The maximum absolute atomic E-state index is 13.0. The van der Waals surface area contributed by atoms with Gasteiger partial charge in [0.1, 0.15) is 42.7 Å². The molecular weight excluding hydrogens is 765 g/mol. The second kappa shape index (κ2) is 34.8. The quantitative estimate of drug-likeness (QED) is 0.0215. The Bertz CT molecular complexity index is 1010. The van der Waals surface area contributed by atoms with Crippen LogP contribution in [0.25, 0.3) is 0 Å². The van der Waals surface area contributed by atoms with Gasteiger partial charge in [-0.1, -0.05) is 200 Å². The van der Waals surface area contributed by atoms with Gasteiger partial charge in [0, 0.05) is 0 Å². The summed E-state index contributed by atoms with van der Waals surface area (Å²) in [7, 11) is -5.13. The van der Waals surface area contributed by atoms with Crippen LogP contribution in [0, 0.1) is 0 Å². The summed E-state index contributed by atoms with van der Waals surface area (Å²) in [6, 6.07) is -1.20. The number of rotatable bonds is 39. The van der Waals surface area contributed by atoms with E-state index in [0.29, 0.717) is 12.8 Å². The summed E-state index contributed by atoms with van der Waals surface area (Å²) in [5.74, 6) is -0.745. The molecule has 0 aromatic heterocycles. The summed E-state index contributed by atoms with van der Waals surface area (Å²) < 4.78 is 22.9. The minimum Gasteiger partial charge on any atom is -0.391 e. The number of unbranched alkanes of at least 4 members (excludes halogenated alkanes) is 27. The first-order valence-corrected chi connectivity index (χ1v) is 25.1. The zero-order valence-electron chi connectivity index (χ0n) is 36.5. The Morgan fingerprint density at radius 2 is 0.828 bits per heavy atom. The number of carbonyl (C=O) groups excluding carboxylic acids is 1. The van der Waals surface area contributed by atoms with Gasteiger partial charge >= 0.3 is 7.82 Å². The molecule has 0 heterocycles. The maximum atomic E-state index is 13.0. The molecule has 10 atom stereocenters. The highest BCUT2D eigenvalue weighted by Gasteiger charge is 2.51. The van der Waals surface area contributed by atoms with E-state index in [4.69, 9.17) is 9.05 Å². The molecular formula is C44H88NO12P. The molecule has 58 heavy (non-hydrogen) atoms. The Balaban J connectivity index is 2.52. The number of phosphoric acid groups is 1. The van der Waals surface area contributed by atoms with Gasteiger partial charge in [-0.05, 0) is 12.8 Å². The molecule has 9 N–H and O–H groups in total. The standard InChI is InChI=1S/C44H88NO12P/c1-3-5-7-9-11-13-15-17-19-21-22-24-26-28-30-32-36(46)35(34-56-58(54,55)57-43-41(51)39(49)38(48)40(50)42(43)52)45-44(53)37(47)33-31-29-27-25-23-20-18-16-14-12-10-8-6-4-2/h35-43,46-52H,3-34H2,1-2H3,(H,45,53)(H,54,55)/t35-,36+,37?,38?,39+,40?,41?,42?,43?/m0/s1. The third-order valence-corrected chi connectivity index (χ3v) is 12.8. The van der Waals surface area contributed by atoms with Crippen molar-refractivity contribution in [3.63, 3.8) is 0 Å². The molecule has 0 spiro atoms. The van der Waals surface area contributed by atoms with Crippen LogP contribution in [0.4, 0.5) is 0 Å². The zero-order valence-corrected chi connectivity index (χ0v) is 37.4. The third-order valence-electron chi connectivity index (χ3n) is 11.8. The lowest BCUT2D eigenvalue weighted by Gasteiger charge is -2.41. The molecule has 1 amide bonds. The fraction of sp³-hybridized carbons (Fsp3) is 0.977. The largest absolute Gasteiger partial charge is 0.472 e. The SMILES string of the molecule is CCCCCCCCCCCCCCCCC[C@@H](O)[C@H](COP(=O)(O)OC1C(O)C(O)C(O)[C@@H](O)C1O)NC(=O)C(O)CCCCCCCCCCCCCCCC. The van der Waals surface area contributed by atoms with Gasteiger partial charge in [0.2, 0.25) is 5.91 Å². The lowest BCUT2D eigenvalue weighted by atomic mass is 9.85. The molecule has 0 aliphatic heterocycles. The molecule has 1 fully saturated rings. The van der Waals surface area contributed by atoms with Crippen molar-refractivity contribution in [2.45, 2.75) is 268 Å². The smallest absolute Gasteiger partial charge is 0.391 e. The van der Waals surface area contributed by atoms with Crippen LogP contribution < -0.4 is 5.32 Å². The molecule has 0 aromatic rings. The summed E-state index contributed by atoms with van der Waals surface area (Å²) in [5.41, 5.74) is 0. The molecule has 346 valence electrons. The minimum absolute atomic E-state index is 0.224. The van der Waals surface area contributed by atoms with E-state index in [1.54, 1.807) is 0 Å². The van der Waals surface area contributed by atoms with Crippen molar-refractivity contribution in [2.75, 3.05) is 6.61 Å². The van der Waals surface area contributed by atoms with E-state index in [0.717, 1.165) is 44.9 Å². The molecule has 0 saturated heterocycles. The predicted molar refractivity (Wildman–Crippen MR) is 229 cm³/mol. The van der Waals surface area contributed by atoms with E-state index in [-0.39, 0.29) is 12.8 Å². The molecule has 1 aliphatic rings. The molecule has 0 radical (unpaired) electrons. The van der Waals surface area contributed by atoms with Gasteiger partial charge in [-0.3, -0.25) is 13.8 Å². The van der Waals surface area contributed by atoms with Gasteiger partial charge in [-0.15, -0.1) is 0 Å². The summed E-state index contributed by atoms with van der Waals surface area (Å²) in [5, 5.41) is 74.6. The number of phosphoric ester groups is 1. The van der Waals surface area contributed by atoms with Crippen molar-refractivity contribution < 1.29 is 59.0 Å². The van der Waals surface area contributed by atoms with E-state index in [1.807, 2.05) is 0 Å². The normalized spacial score (nSPS) is 23.7. The summed E-state index contributed by atoms with van der Waals surface area (Å²) >= 11 is 0. The van der Waals surface area contributed by atoms with Crippen LogP contribution in [0.15, 0.2) is 0 Å². The van der Waals surface area contributed by atoms with Crippen molar-refractivity contribution in [1.82, 2.24) is 5.32 Å². The van der Waals surface area contributed by atoms with Gasteiger partial charge in [0.25, 0.3) is 0 Å². The van der Waals surface area contributed by atoms with Crippen molar-refractivity contribution in [2.24, 2.45) is 0 Å². The highest BCUT2D eigenvalue weighted by atomic mass is 31.2. The fourth-order valence-electron chi connectivity index (χ4n) is 7.80. The minimum atomic E-state index is -5.13. The highest BCUT2D eigenvalue weighted by molar-refractivity contribution is 7.47. The number of aliphatic hydroxyl groups is 7.